The van der Waals surface area contributed by atoms with Crippen LogP contribution in [0.15, 0.2) is 29.2 Å². The Morgan fingerprint density at radius 1 is 1.23 bits per heavy atom. The third-order valence-electron chi connectivity index (χ3n) is 3.33. The molecule has 120 valence electrons. The molecule has 0 aliphatic carbocycles. The highest BCUT2D eigenvalue weighted by molar-refractivity contribution is 7.89. The number of aromatic nitrogens is 3. The number of sulfonamides is 1. The van der Waals surface area contributed by atoms with Crippen LogP contribution in [0.25, 0.3) is 0 Å². The quantitative estimate of drug-likeness (QED) is 0.875. The fraction of sp³-hybridized carbons (Fsp3) is 0.429. The van der Waals surface area contributed by atoms with E-state index in [9.17, 15) is 8.42 Å². The lowest BCUT2D eigenvalue weighted by Crippen LogP contribution is -2.29. The second-order valence-electron chi connectivity index (χ2n) is 4.87. The molecular weight excluding hydrogens is 324 g/mol. The largest absolute Gasteiger partial charge is 0.314 e. The predicted octanol–water partition coefficient (Wildman–Crippen LogP) is 2.55. The molecule has 6 nitrogen and oxygen atoms in total. The van der Waals surface area contributed by atoms with Crippen molar-refractivity contribution in [3.05, 3.63) is 40.9 Å². The van der Waals surface area contributed by atoms with Crippen LogP contribution < -0.4 is 4.72 Å². The van der Waals surface area contributed by atoms with Crippen LogP contribution in [0.4, 0.5) is 0 Å². The lowest BCUT2D eigenvalue weighted by molar-refractivity contribution is 0.543. The highest BCUT2D eigenvalue weighted by atomic mass is 35.5. The number of hydrogen-bond donors (Lipinski definition) is 1. The Morgan fingerprint density at radius 3 is 2.41 bits per heavy atom. The predicted molar refractivity (Wildman–Crippen MR) is 85.3 cm³/mol. The minimum absolute atomic E-state index is 0.169. The first-order valence-electron chi connectivity index (χ1n) is 7.09. The molecule has 0 aliphatic rings. The molecule has 0 aliphatic heterocycles. The van der Waals surface area contributed by atoms with E-state index in [1.807, 2.05) is 18.4 Å². The number of rotatable bonds is 6. The SMILES string of the molecule is CCc1nnc([C@H](C)NS(=O)(=O)c2ccc(Cl)cc2)n1CC. The third kappa shape index (κ3) is 3.48. The standard InChI is InChI=1S/C14H19ClN4O2S/c1-4-13-16-17-14(19(13)5-2)10(3)18-22(20,21)12-8-6-11(15)7-9-12/h6-10,18H,4-5H2,1-3H3/t10-/m0/s1. The van der Waals surface area contributed by atoms with Gasteiger partial charge in [0, 0.05) is 18.0 Å². The molecular formula is C14H19ClN4O2S. The van der Waals surface area contributed by atoms with E-state index in [0.29, 0.717) is 17.4 Å². The average Bonchev–Trinajstić information content (AvgIpc) is 2.90. The highest BCUT2D eigenvalue weighted by Crippen LogP contribution is 2.18. The second-order valence-corrected chi connectivity index (χ2v) is 7.02. The molecule has 0 radical (unpaired) electrons. The summed E-state index contributed by atoms with van der Waals surface area (Å²) in [5.74, 6) is 1.45. The number of hydrogen-bond acceptors (Lipinski definition) is 4. The third-order valence-corrected chi connectivity index (χ3v) is 5.14. The maximum atomic E-state index is 12.4. The Kier molecular flexibility index (Phi) is 5.20. The van der Waals surface area contributed by atoms with E-state index in [1.54, 1.807) is 19.1 Å². The first kappa shape index (κ1) is 16.9. The van der Waals surface area contributed by atoms with Crippen molar-refractivity contribution in [3.63, 3.8) is 0 Å². The minimum Gasteiger partial charge on any atom is -0.314 e. The van der Waals surface area contributed by atoms with E-state index in [2.05, 4.69) is 14.9 Å². The fourth-order valence-corrected chi connectivity index (χ4v) is 3.57. The van der Waals surface area contributed by atoms with Crippen molar-refractivity contribution in [1.29, 1.82) is 0 Å². The van der Waals surface area contributed by atoms with Crippen molar-refractivity contribution in [2.75, 3.05) is 0 Å². The molecule has 22 heavy (non-hydrogen) atoms. The van der Waals surface area contributed by atoms with Crippen LogP contribution in [0.2, 0.25) is 5.02 Å². The van der Waals surface area contributed by atoms with E-state index in [0.717, 1.165) is 12.2 Å². The van der Waals surface area contributed by atoms with Gasteiger partial charge >= 0.3 is 0 Å². The summed E-state index contributed by atoms with van der Waals surface area (Å²) in [7, 11) is -3.64. The molecule has 2 aromatic rings. The number of benzene rings is 1. The Hall–Kier alpha value is -1.44. The highest BCUT2D eigenvalue weighted by Gasteiger charge is 2.22. The van der Waals surface area contributed by atoms with Gasteiger partial charge in [0.25, 0.3) is 0 Å². The van der Waals surface area contributed by atoms with Gasteiger partial charge in [-0.1, -0.05) is 18.5 Å². The molecule has 0 spiro atoms. The lowest BCUT2D eigenvalue weighted by atomic mass is 10.3. The van der Waals surface area contributed by atoms with E-state index < -0.39 is 16.1 Å². The first-order valence-corrected chi connectivity index (χ1v) is 8.95. The monoisotopic (exact) mass is 342 g/mol. The Bertz CT molecular complexity index is 741. The van der Waals surface area contributed by atoms with Gasteiger partial charge in [-0.3, -0.25) is 0 Å². The van der Waals surface area contributed by atoms with Crippen molar-refractivity contribution < 1.29 is 8.42 Å². The van der Waals surface area contributed by atoms with Gasteiger partial charge in [0.1, 0.15) is 5.82 Å². The van der Waals surface area contributed by atoms with E-state index in [4.69, 9.17) is 11.6 Å². The summed E-state index contributed by atoms with van der Waals surface area (Å²) < 4.78 is 29.3. The summed E-state index contributed by atoms with van der Waals surface area (Å²) in [6.45, 7) is 6.41. The van der Waals surface area contributed by atoms with Crippen LogP contribution in [-0.4, -0.2) is 23.2 Å². The summed E-state index contributed by atoms with van der Waals surface area (Å²) in [6.07, 6.45) is 0.748. The Morgan fingerprint density at radius 2 is 1.86 bits per heavy atom. The van der Waals surface area contributed by atoms with Crippen molar-refractivity contribution in [3.8, 4) is 0 Å². The Balaban J connectivity index is 2.26. The molecule has 0 saturated heterocycles. The van der Waals surface area contributed by atoms with Gasteiger partial charge in [-0.15, -0.1) is 10.2 Å². The van der Waals surface area contributed by atoms with Crippen LogP contribution in [0.5, 0.6) is 0 Å². The fourth-order valence-electron chi connectivity index (χ4n) is 2.24. The molecule has 1 atom stereocenters. The van der Waals surface area contributed by atoms with Gasteiger partial charge < -0.3 is 4.57 Å². The number of nitrogens with zero attached hydrogens (tertiary/aromatic N) is 3. The van der Waals surface area contributed by atoms with Gasteiger partial charge in [0.2, 0.25) is 10.0 Å². The molecule has 1 aromatic carbocycles. The van der Waals surface area contributed by atoms with Crippen LogP contribution in [-0.2, 0) is 23.0 Å². The normalized spacial score (nSPS) is 13.3. The summed E-state index contributed by atoms with van der Waals surface area (Å²) in [6, 6.07) is 5.56. The molecule has 0 unspecified atom stereocenters. The topological polar surface area (TPSA) is 76.9 Å². The van der Waals surface area contributed by atoms with E-state index in [-0.39, 0.29) is 4.90 Å². The molecule has 0 bridgehead atoms. The molecule has 2 rings (SSSR count). The zero-order valence-corrected chi connectivity index (χ0v) is 14.3. The summed E-state index contributed by atoms with van der Waals surface area (Å²) in [4.78, 5) is 0.169. The van der Waals surface area contributed by atoms with Crippen molar-refractivity contribution >= 4 is 21.6 Å². The second kappa shape index (κ2) is 6.76. The molecule has 1 N–H and O–H groups in total. The molecule has 0 saturated carbocycles. The molecule has 0 amide bonds. The zero-order chi connectivity index (χ0) is 16.3. The average molecular weight is 343 g/mol. The smallest absolute Gasteiger partial charge is 0.241 e. The maximum absolute atomic E-state index is 12.4. The molecule has 0 fully saturated rings. The molecule has 8 heteroatoms. The van der Waals surface area contributed by atoms with Gasteiger partial charge in [-0.25, -0.2) is 13.1 Å². The van der Waals surface area contributed by atoms with Crippen molar-refractivity contribution in [1.82, 2.24) is 19.5 Å². The van der Waals surface area contributed by atoms with E-state index in [1.165, 1.54) is 12.1 Å². The Labute approximate surface area is 135 Å². The van der Waals surface area contributed by atoms with Gasteiger partial charge in [0.15, 0.2) is 5.82 Å². The first-order chi connectivity index (χ1) is 10.4. The van der Waals surface area contributed by atoms with E-state index >= 15 is 0 Å². The van der Waals surface area contributed by atoms with Crippen molar-refractivity contribution in [2.24, 2.45) is 0 Å². The van der Waals surface area contributed by atoms with Crippen LogP contribution in [0, 0.1) is 0 Å². The maximum Gasteiger partial charge on any atom is 0.241 e. The van der Waals surface area contributed by atoms with Crippen molar-refractivity contribution in [2.45, 2.75) is 44.7 Å². The number of aryl methyl sites for hydroxylation is 1. The van der Waals surface area contributed by atoms with Crippen LogP contribution >= 0.6 is 11.6 Å². The van der Waals surface area contributed by atoms with Gasteiger partial charge in [-0.2, -0.15) is 0 Å². The van der Waals surface area contributed by atoms with Crippen LogP contribution in [0.1, 0.15) is 38.5 Å². The van der Waals surface area contributed by atoms with Gasteiger partial charge in [-0.05, 0) is 38.1 Å². The zero-order valence-electron chi connectivity index (χ0n) is 12.7. The number of nitrogens with one attached hydrogen (secondary N) is 1. The number of halogens is 1. The molecule has 1 heterocycles. The molecule has 1 aromatic heterocycles. The van der Waals surface area contributed by atoms with Gasteiger partial charge in [0.05, 0.1) is 10.9 Å². The lowest BCUT2D eigenvalue weighted by Gasteiger charge is -2.15. The minimum atomic E-state index is -3.64. The summed E-state index contributed by atoms with van der Waals surface area (Å²) >= 11 is 5.78. The summed E-state index contributed by atoms with van der Waals surface area (Å²) in [5.41, 5.74) is 0. The van der Waals surface area contributed by atoms with Crippen LogP contribution in [0.3, 0.4) is 0 Å². The summed E-state index contributed by atoms with van der Waals surface area (Å²) in [5, 5.41) is 8.71.